The highest BCUT2D eigenvalue weighted by molar-refractivity contribution is 7.74. The highest BCUT2D eigenvalue weighted by atomic mass is 32.2. The van der Waals surface area contributed by atoms with E-state index >= 15 is 0 Å². The minimum absolute atomic E-state index is 0.321. The number of aryl methyl sites for hydroxylation is 1. The molecule has 0 fully saturated rings. The van der Waals surface area contributed by atoms with Crippen LogP contribution < -0.4 is 4.90 Å². The normalized spacial score (nSPS) is 16.6. The van der Waals surface area contributed by atoms with Crippen molar-refractivity contribution in [1.29, 1.82) is 0 Å². The molecule has 5 heteroatoms. The van der Waals surface area contributed by atoms with E-state index in [1.807, 2.05) is 0 Å². The molecule has 0 saturated carbocycles. The number of para-hydroxylation sites is 1. The van der Waals surface area contributed by atoms with Crippen LogP contribution >= 0.6 is 0 Å². The van der Waals surface area contributed by atoms with Crippen LogP contribution in [0.25, 0.3) is 0 Å². The summed E-state index contributed by atoms with van der Waals surface area (Å²) >= 11 is -2.14. The molecule has 17 heavy (non-hydrogen) atoms. The number of benzene rings is 1. The monoisotopic (exact) mass is 255 g/mol. The average molecular weight is 255 g/mol. The van der Waals surface area contributed by atoms with E-state index in [-0.39, 0.29) is 0 Å². The SMILES string of the molecule is O=S(O)OCCCN1CCCc2ccccc21. The Hall–Kier alpha value is -0.910. The van der Waals surface area contributed by atoms with E-state index in [4.69, 9.17) is 4.55 Å². The molecule has 0 bridgehead atoms. The number of nitrogens with zero attached hydrogens (tertiary/aromatic N) is 1. The van der Waals surface area contributed by atoms with Crippen LogP contribution in [0.1, 0.15) is 18.4 Å². The lowest BCUT2D eigenvalue weighted by Crippen LogP contribution is -2.30. The van der Waals surface area contributed by atoms with Crippen molar-refractivity contribution in [1.82, 2.24) is 0 Å². The molecule has 1 N–H and O–H groups in total. The van der Waals surface area contributed by atoms with Crippen molar-refractivity contribution in [2.75, 3.05) is 24.6 Å². The van der Waals surface area contributed by atoms with Crippen LogP contribution in [0.3, 0.4) is 0 Å². The van der Waals surface area contributed by atoms with E-state index in [2.05, 4.69) is 33.3 Å². The Morgan fingerprint density at radius 1 is 1.41 bits per heavy atom. The number of anilines is 1. The van der Waals surface area contributed by atoms with Crippen LogP contribution in [0.5, 0.6) is 0 Å². The molecule has 94 valence electrons. The van der Waals surface area contributed by atoms with Crippen molar-refractivity contribution in [2.45, 2.75) is 19.3 Å². The van der Waals surface area contributed by atoms with Crippen molar-refractivity contribution >= 4 is 17.0 Å². The van der Waals surface area contributed by atoms with Gasteiger partial charge in [-0.3, -0.25) is 8.74 Å². The summed E-state index contributed by atoms with van der Waals surface area (Å²) in [6.07, 6.45) is 3.08. The Bertz CT molecular complexity index is 397. The second-order valence-corrected chi connectivity index (χ2v) is 4.78. The summed E-state index contributed by atoms with van der Waals surface area (Å²) in [5.41, 5.74) is 2.69. The zero-order chi connectivity index (χ0) is 12.1. The lowest BCUT2D eigenvalue weighted by Gasteiger charge is -2.31. The molecule has 2 rings (SSSR count). The summed E-state index contributed by atoms with van der Waals surface area (Å²) in [6, 6.07) is 8.43. The van der Waals surface area contributed by atoms with Gasteiger partial charge in [0.15, 0.2) is 0 Å². The quantitative estimate of drug-likeness (QED) is 0.645. The third-order valence-corrected chi connectivity index (χ3v) is 3.33. The van der Waals surface area contributed by atoms with Gasteiger partial charge in [0.25, 0.3) is 0 Å². The van der Waals surface area contributed by atoms with E-state index in [1.54, 1.807) is 0 Å². The predicted molar refractivity (Wildman–Crippen MR) is 68.3 cm³/mol. The maximum absolute atomic E-state index is 10.3. The first-order chi connectivity index (χ1) is 8.27. The molecular formula is C12H17NO3S. The second kappa shape index (κ2) is 6.14. The molecule has 1 aromatic carbocycles. The summed E-state index contributed by atoms with van der Waals surface area (Å²) < 4.78 is 23.4. The summed E-state index contributed by atoms with van der Waals surface area (Å²) in [5, 5.41) is 0. The van der Waals surface area contributed by atoms with Gasteiger partial charge in [-0.1, -0.05) is 18.2 Å². The molecule has 1 atom stereocenters. The van der Waals surface area contributed by atoms with Crippen molar-refractivity contribution in [3.63, 3.8) is 0 Å². The van der Waals surface area contributed by atoms with E-state index in [0.717, 1.165) is 25.9 Å². The average Bonchev–Trinajstić information content (AvgIpc) is 2.34. The van der Waals surface area contributed by atoms with Crippen LogP contribution in [0.2, 0.25) is 0 Å². The van der Waals surface area contributed by atoms with Crippen molar-refractivity contribution < 1.29 is 12.9 Å². The summed E-state index contributed by atoms with van der Waals surface area (Å²) in [6.45, 7) is 2.25. The second-order valence-electron chi connectivity index (χ2n) is 4.11. The molecular weight excluding hydrogens is 238 g/mol. The zero-order valence-corrected chi connectivity index (χ0v) is 10.5. The molecule has 0 spiro atoms. The standard InChI is InChI=1S/C12H17NO3S/c14-17(15)16-10-4-9-13-8-3-6-11-5-1-2-7-12(11)13/h1-2,5,7H,3-4,6,8-10H2,(H,14,15). The van der Waals surface area contributed by atoms with Gasteiger partial charge in [-0.2, -0.15) is 4.21 Å². The Balaban J connectivity index is 1.88. The molecule has 1 heterocycles. The maximum Gasteiger partial charge on any atom is 0.301 e. The maximum atomic E-state index is 10.3. The van der Waals surface area contributed by atoms with Gasteiger partial charge in [0.2, 0.25) is 0 Å². The predicted octanol–water partition coefficient (Wildman–Crippen LogP) is 1.98. The highest BCUT2D eigenvalue weighted by Crippen LogP contribution is 2.26. The molecule has 0 aliphatic carbocycles. The lowest BCUT2D eigenvalue weighted by molar-refractivity contribution is 0.302. The molecule has 1 aromatic rings. The van der Waals surface area contributed by atoms with Crippen LogP contribution in [0.15, 0.2) is 24.3 Å². The molecule has 4 nitrogen and oxygen atoms in total. The minimum atomic E-state index is -2.14. The number of hydrogen-bond donors (Lipinski definition) is 1. The van der Waals surface area contributed by atoms with Crippen LogP contribution in [-0.4, -0.2) is 28.5 Å². The van der Waals surface area contributed by atoms with Crippen molar-refractivity contribution in [3.8, 4) is 0 Å². The van der Waals surface area contributed by atoms with Gasteiger partial charge in [-0.15, -0.1) is 0 Å². The number of hydrogen-bond acceptors (Lipinski definition) is 3. The largest absolute Gasteiger partial charge is 0.371 e. The van der Waals surface area contributed by atoms with Gasteiger partial charge >= 0.3 is 11.4 Å². The smallest absolute Gasteiger partial charge is 0.301 e. The van der Waals surface area contributed by atoms with Crippen LogP contribution in [-0.2, 0) is 22.0 Å². The fourth-order valence-corrected chi connectivity index (χ4v) is 2.49. The zero-order valence-electron chi connectivity index (χ0n) is 9.67. The lowest BCUT2D eigenvalue weighted by atomic mass is 10.0. The molecule has 1 aliphatic heterocycles. The highest BCUT2D eigenvalue weighted by Gasteiger charge is 2.15. The van der Waals surface area contributed by atoms with Gasteiger partial charge < -0.3 is 4.90 Å². The van der Waals surface area contributed by atoms with Crippen LogP contribution in [0, 0.1) is 0 Å². The van der Waals surface area contributed by atoms with Gasteiger partial charge in [-0.25, -0.2) is 0 Å². The van der Waals surface area contributed by atoms with E-state index in [9.17, 15) is 4.21 Å². The van der Waals surface area contributed by atoms with Gasteiger partial charge in [0.1, 0.15) is 0 Å². The fourth-order valence-electron chi connectivity index (χ4n) is 2.23. The summed E-state index contributed by atoms with van der Waals surface area (Å²) in [4.78, 5) is 2.32. The first kappa shape index (κ1) is 12.5. The van der Waals surface area contributed by atoms with E-state index in [0.29, 0.717) is 6.61 Å². The summed E-state index contributed by atoms with van der Waals surface area (Å²) in [7, 11) is 0. The van der Waals surface area contributed by atoms with Crippen molar-refractivity contribution in [2.24, 2.45) is 0 Å². The molecule has 1 aliphatic rings. The Kier molecular flexibility index (Phi) is 4.53. The number of rotatable bonds is 5. The first-order valence-electron chi connectivity index (χ1n) is 5.84. The molecule has 0 saturated heterocycles. The van der Waals surface area contributed by atoms with E-state index < -0.39 is 11.4 Å². The summed E-state index contributed by atoms with van der Waals surface area (Å²) in [5.74, 6) is 0. The topological polar surface area (TPSA) is 49.8 Å². The van der Waals surface area contributed by atoms with E-state index in [1.165, 1.54) is 17.7 Å². The third kappa shape index (κ3) is 3.52. The van der Waals surface area contributed by atoms with Gasteiger partial charge in [0.05, 0.1) is 6.61 Å². The van der Waals surface area contributed by atoms with Crippen LogP contribution in [0.4, 0.5) is 5.69 Å². The third-order valence-electron chi connectivity index (χ3n) is 2.96. The van der Waals surface area contributed by atoms with Crippen molar-refractivity contribution in [3.05, 3.63) is 29.8 Å². The molecule has 0 aromatic heterocycles. The first-order valence-corrected chi connectivity index (χ1v) is 6.87. The Morgan fingerprint density at radius 3 is 3.06 bits per heavy atom. The van der Waals surface area contributed by atoms with Gasteiger partial charge in [-0.05, 0) is 30.9 Å². The molecule has 0 amide bonds. The Labute approximate surface area is 104 Å². The number of fused-ring (bicyclic) bond motifs is 1. The van der Waals surface area contributed by atoms with Gasteiger partial charge in [0, 0.05) is 18.8 Å². The molecule has 0 radical (unpaired) electrons. The molecule has 1 unspecified atom stereocenters. The Morgan fingerprint density at radius 2 is 2.24 bits per heavy atom. The minimum Gasteiger partial charge on any atom is -0.371 e. The fraction of sp³-hybridized carbons (Fsp3) is 0.500.